The van der Waals surface area contributed by atoms with Crippen LogP contribution in [0.5, 0.6) is 0 Å². The molecule has 8 heteroatoms. The number of hydrogen-bond donors (Lipinski definition) is 2. The summed E-state index contributed by atoms with van der Waals surface area (Å²) in [5.74, 6) is -1.06. The first-order chi connectivity index (χ1) is 8.59. The Hall–Kier alpha value is -0.990. The predicted octanol–water partition coefficient (Wildman–Crippen LogP) is 1.70. The SMILES string of the molecule is CC(C)(C)CCS(=O)(=O)NCc1nc(C(=O)O)cs1. The van der Waals surface area contributed by atoms with Crippen LogP contribution in [0.4, 0.5) is 0 Å². The molecule has 0 aliphatic carbocycles. The van der Waals surface area contributed by atoms with E-state index in [1.54, 1.807) is 0 Å². The molecule has 2 N–H and O–H groups in total. The molecule has 108 valence electrons. The maximum absolute atomic E-state index is 11.7. The molecule has 19 heavy (non-hydrogen) atoms. The van der Waals surface area contributed by atoms with Crippen LogP contribution in [0.25, 0.3) is 0 Å². The van der Waals surface area contributed by atoms with Gasteiger partial charge >= 0.3 is 5.97 Å². The molecule has 1 heterocycles. The first-order valence-corrected chi connectivity index (χ1v) is 8.27. The third kappa shape index (κ3) is 6.13. The van der Waals surface area contributed by atoms with Crippen molar-refractivity contribution in [1.29, 1.82) is 0 Å². The van der Waals surface area contributed by atoms with Gasteiger partial charge in [-0.1, -0.05) is 20.8 Å². The molecular weight excluding hydrogens is 288 g/mol. The number of thiazole rings is 1. The van der Waals surface area contributed by atoms with E-state index in [1.807, 2.05) is 20.8 Å². The number of aromatic nitrogens is 1. The van der Waals surface area contributed by atoms with E-state index in [9.17, 15) is 13.2 Å². The molecule has 0 aliphatic heterocycles. The Morgan fingerprint density at radius 2 is 2.11 bits per heavy atom. The number of nitrogens with zero attached hydrogens (tertiary/aromatic N) is 1. The van der Waals surface area contributed by atoms with Crippen LogP contribution in [-0.2, 0) is 16.6 Å². The Morgan fingerprint density at radius 3 is 2.58 bits per heavy atom. The topological polar surface area (TPSA) is 96.4 Å². The highest BCUT2D eigenvalue weighted by Gasteiger charge is 2.18. The van der Waals surface area contributed by atoms with Crippen molar-refractivity contribution in [2.24, 2.45) is 5.41 Å². The van der Waals surface area contributed by atoms with Crippen LogP contribution >= 0.6 is 11.3 Å². The van der Waals surface area contributed by atoms with Gasteiger partial charge in [0.05, 0.1) is 12.3 Å². The van der Waals surface area contributed by atoms with Gasteiger partial charge in [-0.05, 0) is 11.8 Å². The van der Waals surface area contributed by atoms with Crippen LogP contribution in [0.1, 0.15) is 42.7 Å². The molecule has 0 saturated carbocycles. The van der Waals surface area contributed by atoms with Crippen LogP contribution in [0.3, 0.4) is 0 Å². The molecule has 6 nitrogen and oxygen atoms in total. The molecule has 1 aromatic heterocycles. The first-order valence-electron chi connectivity index (χ1n) is 5.74. The van der Waals surface area contributed by atoms with Crippen LogP contribution < -0.4 is 4.72 Å². The maximum atomic E-state index is 11.7. The fraction of sp³-hybridized carbons (Fsp3) is 0.636. The van der Waals surface area contributed by atoms with Crippen molar-refractivity contribution in [3.05, 3.63) is 16.1 Å². The van der Waals surface area contributed by atoms with Crippen molar-refractivity contribution in [3.8, 4) is 0 Å². The average Bonchev–Trinajstić information content (AvgIpc) is 2.72. The largest absolute Gasteiger partial charge is 0.476 e. The van der Waals surface area contributed by atoms with Gasteiger partial charge in [-0.2, -0.15) is 0 Å². The fourth-order valence-electron chi connectivity index (χ4n) is 1.17. The summed E-state index contributed by atoms with van der Waals surface area (Å²) < 4.78 is 25.9. The van der Waals surface area contributed by atoms with Crippen molar-refractivity contribution in [2.45, 2.75) is 33.7 Å². The van der Waals surface area contributed by atoms with E-state index in [-0.39, 0.29) is 23.4 Å². The third-order valence-electron chi connectivity index (χ3n) is 2.33. The Bertz CT molecular complexity index is 543. The molecular formula is C11H18N2O4S2. The Balaban J connectivity index is 2.53. The van der Waals surface area contributed by atoms with E-state index in [4.69, 9.17) is 5.11 Å². The molecule has 1 aromatic rings. The minimum atomic E-state index is -3.35. The summed E-state index contributed by atoms with van der Waals surface area (Å²) in [5, 5.41) is 10.5. The zero-order chi connectivity index (χ0) is 14.7. The number of carbonyl (C=O) groups is 1. The lowest BCUT2D eigenvalue weighted by Crippen LogP contribution is -2.28. The highest BCUT2D eigenvalue weighted by Crippen LogP contribution is 2.19. The highest BCUT2D eigenvalue weighted by molar-refractivity contribution is 7.89. The summed E-state index contributed by atoms with van der Waals surface area (Å²) in [6.45, 7) is 5.96. The number of nitrogens with one attached hydrogen (secondary N) is 1. The second kappa shape index (κ2) is 5.98. The summed E-state index contributed by atoms with van der Waals surface area (Å²) >= 11 is 1.12. The Morgan fingerprint density at radius 1 is 1.47 bits per heavy atom. The molecule has 0 fully saturated rings. The van der Waals surface area contributed by atoms with Gasteiger partial charge in [0.15, 0.2) is 5.69 Å². The maximum Gasteiger partial charge on any atom is 0.355 e. The third-order valence-corrected chi connectivity index (χ3v) is 4.51. The second-order valence-corrected chi connectivity index (χ2v) is 8.25. The number of carboxylic acids is 1. The van der Waals surface area contributed by atoms with Crippen LogP contribution in [0.15, 0.2) is 5.38 Å². The van der Waals surface area contributed by atoms with Crippen molar-refractivity contribution in [2.75, 3.05) is 5.75 Å². The molecule has 0 atom stereocenters. The summed E-state index contributed by atoms with van der Waals surface area (Å²) in [7, 11) is -3.35. The van der Waals surface area contributed by atoms with Crippen molar-refractivity contribution >= 4 is 27.3 Å². The molecule has 0 aliphatic rings. The number of rotatable bonds is 6. The minimum Gasteiger partial charge on any atom is -0.476 e. The van der Waals surface area contributed by atoms with Gasteiger partial charge in [0.2, 0.25) is 10.0 Å². The molecule has 0 amide bonds. The van der Waals surface area contributed by atoms with Gasteiger partial charge in [0.25, 0.3) is 0 Å². The fourth-order valence-corrected chi connectivity index (χ4v) is 3.36. The van der Waals surface area contributed by atoms with E-state index in [0.717, 1.165) is 11.3 Å². The number of hydrogen-bond acceptors (Lipinski definition) is 5. The minimum absolute atomic E-state index is 0.0322. The second-order valence-electron chi connectivity index (χ2n) is 5.38. The quantitative estimate of drug-likeness (QED) is 0.834. The zero-order valence-corrected chi connectivity index (χ0v) is 12.8. The monoisotopic (exact) mass is 306 g/mol. The summed E-state index contributed by atoms with van der Waals surface area (Å²) in [6, 6.07) is 0. The molecule has 0 bridgehead atoms. The van der Waals surface area contributed by atoms with E-state index in [1.165, 1.54) is 5.38 Å². The Kier molecular flexibility index (Phi) is 5.05. The van der Waals surface area contributed by atoms with Crippen LogP contribution in [0.2, 0.25) is 0 Å². The van der Waals surface area contributed by atoms with Gasteiger partial charge in [0.1, 0.15) is 5.01 Å². The van der Waals surface area contributed by atoms with E-state index in [2.05, 4.69) is 9.71 Å². The predicted molar refractivity (Wildman–Crippen MR) is 73.8 cm³/mol. The Labute approximate surface area is 116 Å². The first kappa shape index (κ1) is 16.1. The lowest BCUT2D eigenvalue weighted by Gasteiger charge is -2.17. The van der Waals surface area contributed by atoms with E-state index < -0.39 is 16.0 Å². The standard InChI is InChI=1S/C11H18N2O4S2/c1-11(2,3)4-5-19(16,17)12-6-9-13-8(7-18-9)10(14)15/h7,12H,4-6H2,1-3H3,(H,14,15). The van der Waals surface area contributed by atoms with E-state index in [0.29, 0.717) is 11.4 Å². The van der Waals surface area contributed by atoms with Gasteiger partial charge in [-0.3, -0.25) is 0 Å². The number of carboxylic acid groups (broad SMARTS) is 1. The molecule has 0 saturated heterocycles. The van der Waals surface area contributed by atoms with Crippen LogP contribution in [-0.4, -0.2) is 30.2 Å². The molecule has 0 unspecified atom stereocenters. The lowest BCUT2D eigenvalue weighted by atomic mass is 9.94. The number of sulfonamides is 1. The van der Waals surface area contributed by atoms with Gasteiger partial charge in [-0.25, -0.2) is 22.9 Å². The van der Waals surface area contributed by atoms with Gasteiger partial charge < -0.3 is 5.11 Å². The zero-order valence-electron chi connectivity index (χ0n) is 11.1. The van der Waals surface area contributed by atoms with E-state index >= 15 is 0 Å². The molecule has 0 spiro atoms. The molecule has 0 aromatic carbocycles. The van der Waals surface area contributed by atoms with Crippen LogP contribution in [0, 0.1) is 5.41 Å². The number of aromatic carboxylic acids is 1. The normalized spacial score (nSPS) is 12.6. The lowest BCUT2D eigenvalue weighted by molar-refractivity contribution is 0.0691. The van der Waals surface area contributed by atoms with Crippen molar-refractivity contribution in [1.82, 2.24) is 9.71 Å². The molecule has 1 rings (SSSR count). The smallest absolute Gasteiger partial charge is 0.355 e. The van der Waals surface area contributed by atoms with Gasteiger partial charge in [0, 0.05) is 5.38 Å². The summed E-state index contributed by atoms with van der Waals surface area (Å²) in [6.07, 6.45) is 0.556. The van der Waals surface area contributed by atoms with Gasteiger partial charge in [-0.15, -0.1) is 11.3 Å². The van der Waals surface area contributed by atoms with Crippen molar-refractivity contribution < 1.29 is 18.3 Å². The van der Waals surface area contributed by atoms with Crippen molar-refractivity contribution in [3.63, 3.8) is 0 Å². The summed E-state index contributed by atoms with van der Waals surface area (Å²) in [5.41, 5.74) is -0.110. The highest BCUT2D eigenvalue weighted by atomic mass is 32.2. The molecule has 0 radical (unpaired) electrons. The summed E-state index contributed by atoms with van der Waals surface area (Å²) in [4.78, 5) is 14.4. The average molecular weight is 306 g/mol.